The van der Waals surface area contributed by atoms with Crippen LogP contribution in [0.5, 0.6) is 5.75 Å². The second-order valence-electron chi connectivity index (χ2n) is 4.41. The van der Waals surface area contributed by atoms with Gasteiger partial charge in [0.15, 0.2) is 5.78 Å². The minimum absolute atomic E-state index is 0.250. The Balaban J connectivity index is 2.40. The number of hydrogen-bond donors (Lipinski definition) is 0. The Bertz CT molecular complexity index is 691. The number of nitriles is 1. The summed E-state index contributed by atoms with van der Waals surface area (Å²) in [4.78, 5) is 12.7. The number of hydrogen-bond acceptors (Lipinski definition) is 3. The van der Waals surface area contributed by atoms with Gasteiger partial charge in [-0.1, -0.05) is 40.2 Å². The third-order valence-corrected chi connectivity index (χ3v) is 3.52. The Morgan fingerprint density at radius 3 is 2.71 bits per heavy atom. The molecule has 1 unspecified atom stereocenters. The molecule has 4 heteroatoms. The van der Waals surface area contributed by atoms with Crippen LogP contribution < -0.4 is 4.74 Å². The van der Waals surface area contributed by atoms with Gasteiger partial charge >= 0.3 is 0 Å². The maximum Gasteiger partial charge on any atom is 0.188 e. The molecule has 0 bridgehead atoms. The third-order valence-electron chi connectivity index (χ3n) is 3.03. The van der Waals surface area contributed by atoms with Crippen LogP contribution in [-0.2, 0) is 0 Å². The van der Waals surface area contributed by atoms with E-state index >= 15 is 0 Å². The van der Waals surface area contributed by atoms with Crippen LogP contribution in [0.4, 0.5) is 0 Å². The number of ketones is 1. The van der Waals surface area contributed by atoms with Crippen molar-refractivity contribution in [2.45, 2.75) is 12.8 Å². The fraction of sp³-hybridized carbons (Fsp3) is 0.176. The maximum absolute atomic E-state index is 12.7. The van der Waals surface area contributed by atoms with Crippen LogP contribution >= 0.6 is 15.9 Å². The predicted molar refractivity (Wildman–Crippen MR) is 84.4 cm³/mol. The quantitative estimate of drug-likeness (QED) is 0.758. The van der Waals surface area contributed by atoms with Crippen molar-refractivity contribution in [3.8, 4) is 11.8 Å². The zero-order valence-corrected chi connectivity index (χ0v) is 13.1. The topological polar surface area (TPSA) is 50.1 Å². The van der Waals surface area contributed by atoms with E-state index in [1.165, 1.54) is 0 Å². The monoisotopic (exact) mass is 343 g/mol. The van der Waals surface area contributed by atoms with E-state index in [-0.39, 0.29) is 5.78 Å². The third kappa shape index (κ3) is 3.50. The van der Waals surface area contributed by atoms with Crippen LogP contribution in [0.15, 0.2) is 53.0 Å². The molecular weight excluding hydrogens is 330 g/mol. The Hall–Kier alpha value is -2.12. The standard InChI is InChI=1S/C17H14BrNO2/c1-2-21-16-9-4-3-8-14(16)17(20)15(11-19)12-6-5-7-13(18)10-12/h3-10,15H,2H2,1H3. The highest BCUT2D eigenvalue weighted by Crippen LogP contribution is 2.27. The number of ether oxygens (including phenoxy) is 1. The van der Waals surface area contributed by atoms with E-state index in [0.717, 1.165) is 4.47 Å². The van der Waals surface area contributed by atoms with Gasteiger partial charge in [0.2, 0.25) is 0 Å². The molecule has 0 N–H and O–H groups in total. The van der Waals surface area contributed by atoms with Crippen molar-refractivity contribution in [3.63, 3.8) is 0 Å². The fourth-order valence-corrected chi connectivity index (χ4v) is 2.49. The molecule has 0 aliphatic carbocycles. The summed E-state index contributed by atoms with van der Waals surface area (Å²) in [5.74, 6) is -0.580. The second-order valence-corrected chi connectivity index (χ2v) is 5.33. The zero-order chi connectivity index (χ0) is 15.2. The molecule has 2 aromatic carbocycles. The number of carbonyl (C=O) groups is 1. The molecule has 0 saturated carbocycles. The minimum atomic E-state index is -0.843. The van der Waals surface area contributed by atoms with Gasteiger partial charge in [-0.2, -0.15) is 5.26 Å². The summed E-state index contributed by atoms with van der Waals surface area (Å²) < 4.78 is 6.31. The molecule has 3 nitrogen and oxygen atoms in total. The van der Waals surface area contributed by atoms with Gasteiger partial charge in [-0.15, -0.1) is 0 Å². The van der Waals surface area contributed by atoms with Crippen molar-refractivity contribution < 1.29 is 9.53 Å². The first kappa shape index (κ1) is 15.3. The first-order valence-corrected chi connectivity index (χ1v) is 7.37. The van der Waals surface area contributed by atoms with E-state index in [4.69, 9.17) is 4.74 Å². The molecule has 0 amide bonds. The molecule has 106 valence electrons. The lowest BCUT2D eigenvalue weighted by Crippen LogP contribution is -2.13. The lowest BCUT2D eigenvalue weighted by Gasteiger charge is -2.13. The molecule has 0 aliphatic heterocycles. The van der Waals surface area contributed by atoms with Gasteiger partial charge in [-0.3, -0.25) is 4.79 Å². The van der Waals surface area contributed by atoms with E-state index in [9.17, 15) is 10.1 Å². The molecule has 0 saturated heterocycles. The molecule has 0 aromatic heterocycles. The predicted octanol–water partition coefficient (Wildman–Crippen LogP) is 4.34. The molecule has 0 aliphatic rings. The van der Waals surface area contributed by atoms with Gasteiger partial charge in [-0.25, -0.2) is 0 Å². The number of Topliss-reactive ketones (excluding diaryl/α,β-unsaturated/α-hetero) is 1. The molecular formula is C17H14BrNO2. The van der Waals surface area contributed by atoms with Crippen molar-refractivity contribution in [2.75, 3.05) is 6.61 Å². The van der Waals surface area contributed by atoms with Crippen molar-refractivity contribution >= 4 is 21.7 Å². The SMILES string of the molecule is CCOc1ccccc1C(=O)C(C#N)c1cccc(Br)c1. The molecule has 0 radical (unpaired) electrons. The largest absolute Gasteiger partial charge is 0.493 e. The summed E-state index contributed by atoms with van der Waals surface area (Å²) in [6.07, 6.45) is 0. The van der Waals surface area contributed by atoms with Gasteiger partial charge in [0.1, 0.15) is 11.7 Å². The molecule has 2 aromatic rings. The van der Waals surface area contributed by atoms with E-state index in [1.54, 1.807) is 30.3 Å². The van der Waals surface area contributed by atoms with Gasteiger partial charge in [0, 0.05) is 4.47 Å². The van der Waals surface area contributed by atoms with Crippen molar-refractivity contribution in [1.29, 1.82) is 5.26 Å². The number of benzene rings is 2. The number of para-hydroxylation sites is 1. The van der Waals surface area contributed by atoms with Crippen LogP contribution in [0.25, 0.3) is 0 Å². The molecule has 0 heterocycles. The van der Waals surface area contributed by atoms with E-state index < -0.39 is 5.92 Å². The highest BCUT2D eigenvalue weighted by Gasteiger charge is 2.24. The first-order chi connectivity index (χ1) is 10.2. The second kappa shape index (κ2) is 7.05. The van der Waals surface area contributed by atoms with Crippen LogP contribution in [0.1, 0.15) is 28.8 Å². The van der Waals surface area contributed by atoms with E-state index in [0.29, 0.717) is 23.5 Å². The first-order valence-electron chi connectivity index (χ1n) is 6.58. The maximum atomic E-state index is 12.7. The van der Waals surface area contributed by atoms with Crippen LogP contribution in [0.3, 0.4) is 0 Å². The van der Waals surface area contributed by atoms with Crippen LogP contribution in [0.2, 0.25) is 0 Å². The van der Waals surface area contributed by atoms with Crippen molar-refractivity contribution in [2.24, 2.45) is 0 Å². The van der Waals surface area contributed by atoms with Crippen molar-refractivity contribution in [3.05, 3.63) is 64.1 Å². The number of nitrogens with zero attached hydrogens (tertiary/aromatic N) is 1. The minimum Gasteiger partial charge on any atom is -0.493 e. The van der Waals surface area contributed by atoms with Crippen molar-refractivity contribution in [1.82, 2.24) is 0 Å². The zero-order valence-electron chi connectivity index (χ0n) is 11.5. The molecule has 1 atom stereocenters. The Morgan fingerprint density at radius 1 is 1.29 bits per heavy atom. The Morgan fingerprint density at radius 2 is 2.05 bits per heavy atom. The molecule has 2 rings (SSSR count). The average Bonchev–Trinajstić information content (AvgIpc) is 2.49. The van der Waals surface area contributed by atoms with Crippen LogP contribution in [-0.4, -0.2) is 12.4 Å². The molecule has 0 spiro atoms. The highest BCUT2D eigenvalue weighted by atomic mass is 79.9. The normalized spacial score (nSPS) is 11.5. The fourth-order valence-electron chi connectivity index (χ4n) is 2.08. The Labute approximate surface area is 132 Å². The Kier molecular flexibility index (Phi) is 5.13. The summed E-state index contributed by atoms with van der Waals surface area (Å²) in [5, 5.41) is 9.40. The number of rotatable bonds is 5. The van der Waals surface area contributed by atoms with Crippen LogP contribution in [0, 0.1) is 11.3 Å². The molecule has 0 fully saturated rings. The summed E-state index contributed by atoms with van der Waals surface area (Å²) in [6.45, 7) is 2.33. The van der Waals surface area contributed by atoms with Gasteiger partial charge in [0.05, 0.1) is 18.2 Å². The molecule has 21 heavy (non-hydrogen) atoms. The summed E-state index contributed by atoms with van der Waals surface area (Å²) >= 11 is 3.36. The summed E-state index contributed by atoms with van der Waals surface area (Å²) in [6, 6.07) is 16.3. The smallest absolute Gasteiger partial charge is 0.188 e. The average molecular weight is 344 g/mol. The lowest BCUT2D eigenvalue weighted by molar-refractivity contribution is 0.0975. The van der Waals surface area contributed by atoms with Gasteiger partial charge in [-0.05, 0) is 36.8 Å². The number of halogens is 1. The highest BCUT2D eigenvalue weighted by molar-refractivity contribution is 9.10. The summed E-state index contributed by atoms with van der Waals surface area (Å²) in [5.41, 5.74) is 1.11. The van der Waals surface area contributed by atoms with E-state index in [1.807, 2.05) is 25.1 Å². The van der Waals surface area contributed by atoms with E-state index in [2.05, 4.69) is 22.0 Å². The summed E-state index contributed by atoms with van der Waals surface area (Å²) in [7, 11) is 0. The number of carbonyl (C=O) groups excluding carboxylic acids is 1. The van der Waals surface area contributed by atoms with Gasteiger partial charge in [0.25, 0.3) is 0 Å². The van der Waals surface area contributed by atoms with Gasteiger partial charge < -0.3 is 4.74 Å². The lowest BCUT2D eigenvalue weighted by atomic mass is 9.91.